The van der Waals surface area contributed by atoms with Gasteiger partial charge in [-0.05, 0) is 26.7 Å². The number of ether oxygens (including phenoxy) is 2. The first-order valence-corrected chi connectivity index (χ1v) is 6.84. The fourth-order valence-corrected chi connectivity index (χ4v) is 2.61. The third-order valence-electron chi connectivity index (χ3n) is 3.51. The normalized spacial score (nSPS) is 29.6. The lowest BCUT2D eigenvalue weighted by molar-refractivity contribution is -0.0855. The van der Waals surface area contributed by atoms with Gasteiger partial charge in [0.15, 0.2) is 0 Å². The monoisotopic (exact) mass is 242 g/mol. The first-order valence-electron chi connectivity index (χ1n) is 6.84. The van der Waals surface area contributed by atoms with Crippen LogP contribution in [0, 0.1) is 0 Å². The van der Waals surface area contributed by atoms with Gasteiger partial charge in [-0.1, -0.05) is 0 Å². The van der Waals surface area contributed by atoms with Gasteiger partial charge in [-0.15, -0.1) is 0 Å². The summed E-state index contributed by atoms with van der Waals surface area (Å²) in [5, 5.41) is 3.49. The van der Waals surface area contributed by atoms with E-state index >= 15 is 0 Å². The smallest absolute Gasteiger partial charge is 0.0753 e. The molecule has 0 aromatic rings. The quantitative estimate of drug-likeness (QED) is 0.725. The van der Waals surface area contributed by atoms with E-state index in [1.807, 2.05) is 0 Å². The van der Waals surface area contributed by atoms with E-state index in [0.29, 0.717) is 6.10 Å². The summed E-state index contributed by atoms with van der Waals surface area (Å²) in [6.07, 6.45) is 2.90. The van der Waals surface area contributed by atoms with Crippen molar-refractivity contribution in [1.29, 1.82) is 0 Å². The predicted molar refractivity (Wildman–Crippen MR) is 68.3 cm³/mol. The van der Waals surface area contributed by atoms with Gasteiger partial charge in [0.25, 0.3) is 0 Å². The highest BCUT2D eigenvalue weighted by Gasteiger charge is 2.26. The van der Waals surface area contributed by atoms with Crippen molar-refractivity contribution in [2.24, 2.45) is 0 Å². The van der Waals surface area contributed by atoms with Gasteiger partial charge in [0.05, 0.1) is 18.3 Å². The van der Waals surface area contributed by atoms with Crippen molar-refractivity contribution in [3.63, 3.8) is 0 Å². The minimum absolute atomic E-state index is 0.0206. The van der Waals surface area contributed by atoms with E-state index in [-0.39, 0.29) is 5.60 Å². The fourth-order valence-electron chi connectivity index (χ4n) is 2.61. The van der Waals surface area contributed by atoms with Gasteiger partial charge in [0.2, 0.25) is 0 Å². The van der Waals surface area contributed by atoms with Crippen molar-refractivity contribution in [2.45, 2.75) is 38.4 Å². The molecule has 4 nitrogen and oxygen atoms in total. The molecule has 17 heavy (non-hydrogen) atoms. The molecule has 2 fully saturated rings. The average Bonchev–Trinajstić information content (AvgIpc) is 2.76. The van der Waals surface area contributed by atoms with Gasteiger partial charge in [0.1, 0.15) is 0 Å². The van der Waals surface area contributed by atoms with Crippen LogP contribution in [0.3, 0.4) is 0 Å². The molecule has 0 bridgehead atoms. The molecular weight excluding hydrogens is 216 g/mol. The van der Waals surface area contributed by atoms with E-state index in [4.69, 9.17) is 9.47 Å². The summed E-state index contributed by atoms with van der Waals surface area (Å²) in [5.74, 6) is 0. The third-order valence-corrected chi connectivity index (χ3v) is 3.51. The molecule has 1 N–H and O–H groups in total. The summed E-state index contributed by atoms with van der Waals surface area (Å²) in [7, 11) is 0. The van der Waals surface area contributed by atoms with Crippen molar-refractivity contribution in [3.8, 4) is 0 Å². The van der Waals surface area contributed by atoms with Crippen LogP contribution >= 0.6 is 0 Å². The zero-order valence-corrected chi connectivity index (χ0v) is 11.2. The highest BCUT2D eigenvalue weighted by molar-refractivity contribution is 4.79. The zero-order chi connectivity index (χ0) is 12.1. The Morgan fingerprint density at radius 2 is 2.24 bits per heavy atom. The topological polar surface area (TPSA) is 33.7 Å². The van der Waals surface area contributed by atoms with E-state index < -0.39 is 0 Å². The minimum Gasteiger partial charge on any atom is -0.377 e. The number of hydrogen-bond acceptors (Lipinski definition) is 4. The Hall–Kier alpha value is -0.160. The molecule has 0 aromatic carbocycles. The van der Waals surface area contributed by atoms with Crippen molar-refractivity contribution in [2.75, 3.05) is 45.9 Å². The molecule has 0 aromatic heterocycles. The second-order valence-electron chi connectivity index (χ2n) is 5.72. The molecule has 0 radical (unpaired) electrons. The highest BCUT2D eigenvalue weighted by atomic mass is 16.5. The lowest BCUT2D eigenvalue weighted by atomic mass is 10.1. The van der Waals surface area contributed by atoms with Crippen LogP contribution in [0.1, 0.15) is 26.7 Å². The molecule has 0 saturated carbocycles. The molecule has 2 rings (SSSR count). The molecule has 2 heterocycles. The Morgan fingerprint density at radius 3 is 2.94 bits per heavy atom. The maximum absolute atomic E-state index is 5.70. The van der Waals surface area contributed by atoms with E-state index in [2.05, 4.69) is 24.1 Å². The van der Waals surface area contributed by atoms with Gasteiger partial charge in [0, 0.05) is 39.3 Å². The molecule has 0 spiro atoms. The summed E-state index contributed by atoms with van der Waals surface area (Å²) in [6.45, 7) is 11.4. The Morgan fingerprint density at radius 1 is 1.35 bits per heavy atom. The number of rotatable bonds is 5. The molecule has 1 unspecified atom stereocenters. The van der Waals surface area contributed by atoms with E-state index in [1.165, 1.54) is 12.8 Å². The fraction of sp³-hybridized carbons (Fsp3) is 1.00. The maximum atomic E-state index is 5.70. The van der Waals surface area contributed by atoms with Crippen molar-refractivity contribution < 1.29 is 9.47 Å². The first-order chi connectivity index (χ1) is 8.16. The second-order valence-corrected chi connectivity index (χ2v) is 5.72. The van der Waals surface area contributed by atoms with Crippen LogP contribution in [0.4, 0.5) is 0 Å². The summed E-state index contributed by atoms with van der Waals surface area (Å²) >= 11 is 0. The van der Waals surface area contributed by atoms with E-state index in [0.717, 1.165) is 45.9 Å². The molecule has 2 aliphatic rings. The Balaban J connectivity index is 1.55. The molecule has 100 valence electrons. The first kappa shape index (κ1) is 13.3. The van der Waals surface area contributed by atoms with Gasteiger partial charge >= 0.3 is 0 Å². The standard InChI is InChI=1S/C13H26N2O2/c1-13(2)11-15(7-9-17-13)6-5-14-10-12-4-3-8-16-12/h12,14H,3-11H2,1-2H3. The van der Waals surface area contributed by atoms with Gasteiger partial charge in [-0.3, -0.25) is 4.90 Å². The molecular formula is C13H26N2O2. The summed E-state index contributed by atoms with van der Waals surface area (Å²) in [6, 6.07) is 0. The molecule has 0 aliphatic carbocycles. The van der Waals surface area contributed by atoms with Crippen LogP contribution in [0.2, 0.25) is 0 Å². The largest absolute Gasteiger partial charge is 0.377 e. The molecule has 1 atom stereocenters. The van der Waals surface area contributed by atoms with E-state index in [1.54, 1.807) is 0 Å². The van der Waals surface area contributed by atoms with Crippen molar-refractivity contribution in [1.82, 2.24) is 10.2 Å². The number of morpholine rings is 1. The summed E-state index contributed by atoms with van der Waals surface area (Å²) in [5.41, 5.74) is 0.0206. The predicted octanol–water partition coefficient (Wildman–Crippen LogP) is 0.866. The number of nitrogens with one attached hydrogen (secondary N) is 1. The van der Waals surface area contributed by atoms with Crippen LogP contribution in [0.5, 0.6) is 0 Å². The number of nitrogens with zero attached hydrogens (tertiary/aromatic N) is 1. The van der Waals surface area contributed by atoms with Gasteiger partial charge < -0.3 is 14.8 Å². The molecule has 0 amide bonds. The van der Waals surface area contributed by atoms with Crippen LogP contribution in [0.25, 0.3) is 0 Å². The van der Waals surface area contributed by atoms with Gasteiger partial charge in [-0.25, -0.2) is 0 Å². The Bertz CT molecular complexity index is 227. The van der Waals surface area contributed by atoms with Crippen LogP contribution in [-0.4, -0.2) is 62.5 Å². The van der Waals surface area contributed by atoms with E-state index in [9.17, 15) is 0 Å². The molecule has 2 saturated heterocycles. The minimum atomic E-state index is 0.0206. The SMILES string of the molecule is CC1(C)CN(CCNCC2CCCO2)CCO1. The molecule has 4 heteroatoms. The Kier molecular flexibility index (Phi) is 4.79. The van der Waals surface area contributed by atoms with Crippen molar-refractivity contribution in [3.05, 3.63) is 0 Å². The third kappa shape index (κ3) is 4.54. The van der Waals surface area contributed by atoms with Gasteiger partial charge in [-0.2, -0.15) is 0 Å². The highest BCUT2D eigenvalue weighted by Crippen LogP contribution is 2.15. The summed E-state index contributed by atoms with van der Waals surface area (Å²) in [4.78, 5) is 2.48. The Labute approximate surface area is 105 Å². The van der Waals surface area contributed by atoms with Crippen LogP contribution < -0.4 is 5.32 Å². The summed E-state index contributed by atoms with van der Waals surface area (Å²) < 4.78 is 11.3. The number of hydrogen-bond donors (Lipinski definition) is 1. The zero-order valence-electron chi connectivity index (χ0n) is 11.2. The van der Waals surface area contributed by atoms with Crippen LogP contribution in [-0.2, 0) is 9.47 Å². The van der Waals surface area contributed by atoms with Crippen LogP contribution in [0.15, 0.2) is 0 Å². The maximum Gasteiger partial charge on any atom is 0.0753 e. The molecule has 2 aliphatic heterocycles. The second kappa shape index (κ2) is 6.14. The average molecular weight is 242 g/mol. The lowest BCUT2D eigenvalue weighted by Crippen LogP contribution is -2.50. The lowest BCUT2D eigenvalue weighted by Gasteiger charge is -2.38. The van der Waals surface area contributed by atoms with Crippen molar-refractivity contribution >= 4 is 0 Å².